The molecule has 0 saturated carbocycles. The lowest BCUT2D eigenvalue weighted by Crippen LogP contribution is -2.22. The Bertz CT molecular complexity index is 4210. The van der Waals surface area contributed by atoms with Crippen LogP contribution in [0, 0.1) is 27.0 Å². The summed E-state index contributed by atoms with van der Waals surface area (Å²) in [6.07, 6.45) is 22.1. The number of benzene rings is 4. The third-order valence-electron chi connectivity index (χ3n) is 13.6. The van der Waals surface area contributed by atoms with Gasteiger partial charge >= 0.3 is 0 Å². The summed E-state index contributed by atoms with van der Waals surface area (Å²) in [5.41, 5.74) is 21.6. The molecule has 0 aliphatic carbocycles. The molecule has 76 heavy (non-hydrogen) atoms. The lowest BCUT2D eigenvalue weighted by Gasteiger charge is -2.27. The van der Waals surface area contributed by atoms with E-state index in [0.29, 0.717) is 40.2 Å². The zero-order valence-corrected chi connectivity index (χ0v) is 43.2. The highest BCUT2D eigenvalue weighted by Gasteiger charge is 2.22. The summed E-state index contributed by atoms with van der Waals surface area (Å²) >= 11 is 13.9. The molecule has 0 aliphatic rings. The summed E-state index contributed by atoms with van der Waals surface area (Å²) in [7, 11) is 3.33. The minimum atomic E-state index is 0.420. The first-order valence-electron chi connectivity index (χ1n) is 24.0. The first-order chi connectivity index (χ1) is 37.0. The van der Waals surface area contributed by atoms with Gasteiger partial charge in [0, 0.05) is 83.9 Å². The molecule has 12 aromatic rings. The van der Waals surface area contributed by atoms with Crippen molar-refractivity contribution in [3.8, 4) is 45.1 Å². The second-order valence-corrected chi connectivity index (χ2v) is 19.0. The van der Waals surface area contributed by atoms with Crippen LogP contribution in [-0.2, 0) is 13.1 Å². The maximum Gasteiger partial charge on any atom is 0.190 e. The average Bonchev–Trinajstić information content (AvgIpc) is 4.32. The molecule has 2 N–H and O–H groups in total. The van der Waals surface area contributed by atoms with Crippen LogP contribution in [0.5, 0.6) is 11.5 Å². The van der Waals surface area contributed by atoms with Crippen molar-refractivity contribution in [2.24, 2.45) is 0 Å². The van der Waals surface area contributed by atoms with E-state index in [0.717, 1.165) is 106 Å². The van der Waals surface area contributed by atoms with Gasteiger partial charge in [0.25, 0.3) is 0 Å². The fourth-order valence-corrected chi connectivity index (χ4v) is 10.1. The van der Waals surface area contributed by atoms with Gasteiger partial charge in [-0.2, -0.15) is 0 Å². The van der Waals surface area contributed by atoms with E-state index >= 15 is 0 Å². The molecule has 0 spiro atoms. The van der Waals surface area contributed by atoms with E-state index in [-0.39, 0.29) is 0 Å². The number of aryl methyl sites for hydroxylation is 2. The Morgan fingerprint density at radius 2 is 1.01 bits per heavy atom. The SMILES string of the molecule is [C-]#[N+]c1cc2c(-c3cncc(N(Cc4ccc(OC)cc4)Cc4ccc(OC)cc4)c3Cl)cn(-c3ccn4cncc4c3)c2cc1C.[C-]#[N+]c1cc2c(-c3cncc(N)c3Cl)cn(-c3ccn4cncc4c3)c2cc1C. The van der Waals surface area contributed by atoms with Gasteiger partial charge in [-0.15, -0.1) is 0 Å². The highest BCUT2D eigenvalue weighted by molar-refractivity contribution is 6.37. The van der Waals surface area contributed by atoms with Crippen LogP contribution in [-0.4, -0.2) is 52.1 Å². The van der Waals surface area contributed by atoms with Crippen molar-refractivity contribution in [3.05, 3.63) is 227 Å². The molecular formula is C60H46Cl2N12O2. The van der Waals surface area contributed by atoms with Gasteiger partial charge in [-0.05, 0) is 120 Å². The molecule has 0 radical (unpaired) electrons. The Hall–Kier alpha value is -9.60. The minimum absolute atomic E-state index is 0.420. The molecule has 0 aliphatic heterocycles. The highest BCUT2D eigenvalue weighted by atomic mass is 35.5. The minimum Gasteiger partial charge on any atom is -0.497 e. The molecule has 0 amide bonds. The molecule has 372 valence electrons. The van der Waals surface area contributed by atoms with Crippen molar-refractivity contribution in [2.45, 2.75) is 26.9 Å². The van der Waals surface area contributed by atoms with E-state index < -0.39 is 0 Å². The van der Waals surface area contributed by atoms with Gasteiger partial charge in [0.15, 0.2) is 11.4 Å². The second kappa shape index (κ2) is 20.4. The average molecular weight is 1040 g/mol. The predicted octanol–water partition coefficient (Wildman–Crippen LogP) is 14.5. The molecule has 0 fully saturated rings. The quantitative estimate of drug-likeness (QED) is 0.127. The van der Waals surface area contributed by atoms with Crippen molar-refractivity contribution in [1.29, 1.82) is 0 Å². The fourth-order valence-electron chi connectivity index (χ4n) is 9.56. The molecule has 4 aromatic carbocycles. The number of methoxy groups -OCH3 is 2. The number of nitrogen functional groups attached to an aromatic ring is 1. The number of pyridine rings is 4. The van der Waals surface area contributed by atoms with Gasteiger partial charge in [0.05, 0.1) is 108 Å². The Labute approximate surface area is 447 Å². The molecule has 8 aromatic heterocycles. The summed E-state index contributed by atoms with van der Waals surface area (Å²) in [5.74, 6) is 1.60. The first kappa shape index (κ1) is 48.7. The van der Waals surface area contributed by atoms with E-state index in [4.69, 9.17) is 56.5 Å². The van der Waals surface area contributed by atoms with Crippen LogP contribution in [0.15, 0.2) is 172 Å². The molecule has 12 rings (SSSR count). The molecule has 16 heteroatoms. The van der Waals surface area contributed by atoms with Crippen molar-refractivity contribution in [2.75, 3.05) is 24.9 Å². The first-order valence-corrected chi connectivity index (χ1v) is 24.7. The number of ether oxygens (including phenoxy) is 2. The highest BCUT2D eigenvalue weighted by Crippen LogP contribution is 2.44. The van der Waals surface area contributed by atoms with E-state index in [1.54, 1.807) is 39.3 Å². The Morgan fingerprint density at radius 3 is 1.47 bits per heavy atom. The van der Waals surface area contributed by atoms with Crippen molar-refractivity contribution in [3.63, 3.8) is 0 Å². The summed E-state index contributed by atoms with van der Waals surface area (Å²) in [5, 5.41) is 2.88. The molecular weight excluding hydrogens is 992 g/mol. The lowest BCUT2D eigenvalue weighted by molar-refractivity contribution is 0.414. The molecule has 8 heterocycles. The Kier molecular flexibility index (Phi) is 13.0. The van der Waals surface area contributed by atoms with Gasteiger partial charge in [-0.3, -0.25) is 9.97 Å². The number of imidazole rings is 2. The van der Waals surface area contributed by atoms with E-state index in [9.17, 15) is 0 Å². The number of fused-ring (bicyclic) bond motifs is 4. The maximum atomic E-state index is 7.82. The summed E-state index contributed by atoms with van der Waals surface area (Å²) < 4.78 is 18.9. The number of rotatable bonds is 11. The lowest BCUT2D eigenvalue weighted by atomic mass is 10.0. The van der Waals surface area contributed by atoms with Crippen LogP contribution in [0.4, 0.5) is 22.7 Å². The molecule has 14 nitrogen and oxygen atoms in total. The van der Waals surface area contributed by atoms with Crippen LogP contribution >= 0.6 is 23.2 Å². The van der Waals surface area contributed by atoms with E-state index in [2.05, 4.69) is 93.4 Å². The maximum absolute atomic E-state index is 7.82. The molecule has 0 unspecified atom stereocenters. The molecule has 0 atom stereocenters. The zero-order chi connectivity index (χ0) is 52.6. The second-order valence-electron chi connectivity index (χ2n) is 18.2. The third-order valence-corrected chi connectivity index (χ3v) is 14.4. The monoisotopic (exact) mass is 1040 g/mol. The van der Waals surface area contributed by atoms with E-state index in [1.165, 1.54) is 6.20 Å². The molecule has 0 saturated heterocycles. The Morgan fingerprint density at radius 1 is 0.553 bits per heavy atom. The number of halogens is 2. The van der Waals surface area contributed by atoms with Gasteiger partial charge in [0.2, 0.25) is 0 Å². The number of hydrogen-bond donors (Lipinski definition) is 1. The smallest absolute Gasteiger partial charge is 0.190 e. The van der Waals surface area contributed by atoms with Crippen LogP contribution in [0.25, 0.3) is 76.2 Å². The molecule has 0 bridgehead atoms. The van der Waals surface area contributed by atoms with Gasteiger partial charge in [-0.25, -0.2) is 19.7 Å². The van der Waals surface area contributed by atoms with E-state index in [1.807, 2.05) is 108 Å². The zero-order valence-electron chi connectivity index (χ0n) is 41.6. The number of hydrogen-bond acceptors (Lipinski definition) is 8. The number of nitrogens with two attached hydrogens (primary N) is 1. The number of anilines is 2. The van der Waals surface area contributed by atoms with Crippen LogP contribution in [0.1, 0.15) is 22.3 Å². The van der Waals surface area contributed by atoms with Crippen molar-refractivity contribution >= 4 is 78.8 Å². The third kappa shape index (κ3) is 9.13. The topological polar surface area (TPSA) is 127 Å². The largest absolute Gasteiger partial charge is 0.497 e. The summed E-state index contributed by atoms with van der Waals surface area (Å²) in [6.45, 7) is 20.4. The fraction of sp³-hybridized carbons (Fsp3) is 0.100. The van der Waals surface area contributed by atoms with Crippen LogP contribution < -0.4 is 20.1 Å². The normalized spacial score (nSPS) is 11.2. The van der Waals surface area contributed by atoms with Gasteiger partial charge in [-0.1, -0.05) is 47.5 Å². The summed E-state index contributed by atoms with van der Waals surface area (Å²) in [6, 6.07) is 32.3. The summed E-state index contributed by atoms with van der Waals surface area (Å²) in [4.78, 5) is 27.1. The Balaban J connectivity index is 0.000000181. The van der Waals surface area contributed by atoms with Gasteiger partial charge in [0.1, 0.15) is 11.5 Å². The van der Waals surface area contributed by atoms with Crippen molar-refractivity contribution < 1.29 is 9.47 Å². The van der Waals surface area contributed by atoms with Crippen molar-refractivity contribution in [1.82, 2.24) is 37.9 Å². The van der Waals surface area contributed by atoms with Crippen LogP contribution in [0.2, 0.25) is 10.0 Å². The standard InChI is InChI=1S/C38H31ClN6O2.C22H15ClN6/c1-25-15-36-32(17-35(25)40-2)34(23-45(36)28-13-14-43-24-42-18-29(43)16-28)33-19-41-20-37(38(33)39)44(21-26-5-9-30(46-3)10-6-26)22-27-7-11-31(47-4)12-8-27;1-13-5-21-16(7-20(13)25-2)18(17-9-26-10-19(24)22(17)23)11-29(21)14-3-4-28-12-27-8-15(28)6-14/h5-20,23-24H,21-22H2,1,3-4H3;3-12H,24H2,1H3. The number of aromatic nitrogens is 8. The number of nitrogens with zero attached hydrogens (tertiary/aromatic N) is 11. The van der Waals surface area contributed by atoms with Gasteiger partial charge < -0.3 is 38.0 Å². The van der Waals surface area contributed by atoms with Crippen LogP contribution in [0.3, 0.4) is 0 Å². The predicted molar refractivity (Wildman–Crippen MR) is 303 cm³/mol.